The third-order valence-electron chi connectivity index (χ3n) is 2.31. The molecule has 0 aliphatic heterocycles. The minimum Gasteiger partial charge on any atom is -0.497 e. The van der Waals surface area contributed by atoms with E-state index in [9.17, 15) is 4.79 Å². The Bertz CT molecular complexity index is 377. The van der Waals surface area contributed by atoms with Gasteiger partial charge >= 0.3 is 5.97 Å². The molecule has 0 amide bonds. The summed E-state index contributed by atoms with van der Waals surface area (Å²) in [6.45, 7) is 1.97. The topological polar surface area (TPSA) is 61.5 Å². The van der Waals surface area contributed by atoms with Gasteiger partial charge in [0.25, 0.3) is 0 Å². The second kappa shape index (κ2) is 5.51. The minimum atomic E-state index is -0.628. The largest absolute Gasteiger partial charge is 0.497 e. The molecule has 1 aromatic rings. The van der Waals surface area contributed by atoms with Gasteiger partial charge in [-0.25, -0.2) is 0 Å². The quantitative estimate of drug-likeness (QED) is 0.775. The van der Waals surface area contributed by atoms with Crippen molar-refractivity contribution < 1.29 is 14.3 Å². The van der Waals surface area contributed by atoms with E-state index in [1.165, 1.54) is 7.11 Å². The molecule has 1 atom stereocenters. The van der Waals surface area contributed by atoms with E-state index in [4.69, 9.17) is 10.5 Å². The number of rotatable bonds is 4. The summed E-state index contributed by atoms with van der Waals surface area (Å²) in [6, 6.07) is 5.14. The van der Waals surface area contributed by atoms with Gasteiger partial charge in [0.2, 0.25) is 0 Å². The maximum Gasteiger partial charge on any atom is 0.322 e. The molecule has 0 bridgehead atoms. The Hall–Kier alpha value is -1.55. The smallest absolute Gasteiger partial charge is 0.322 e. The van der Waals surface area contributed by atoms with Crippen molar-refractivity contribution in [3.8, 4) is 5.75 Å². The fourth-order valence-corrected chi connectivity index (χ4v) is 1.55. The first kappa shape index (κ1) is 12.5. The van der Waals surface area contributed by atoms with Gasteiger partial charge in [-0.2, -0.15) is 0 Å². The fraction of sp³-hybridized carbons (Fsp3) is 0.417. The number of hydrogen-bond donors (Lipinski definition) is 1. The Balaban J connectivity index is 2.80. The predicted molar refractivity (Wildman–Crippen MR) is 61.4 cm³/mol. The van der Waals surface area contributed by atoms with E-state index >= 15 is 0 Å². The Morgan fingerprint density at radius 3 is 2.62 bits per heavy atom. The van der Waals surface area contributed by atoms with Crippen molar-refractivity contribution in [3.05, 3.63) is 29.3 Å². The van der Waals surface area contributed by atoms with Gasteiger partial charge < -0.3 is 15.2 Å². The SMILES string of the molecule is COC(=O)[C@@H](N)Cc1cc(C)cc(OC)c1. The van der Waals surface area contributed by atoms with E-state index in [2.05, 4.69) is 4.74 Å². The molecule has 0 unspecified atom stereocenters. The molecule has 0 heterocycles. The number of methoxy groups -OCH3 is 2. The van der Waals surface area contributed by atoms with E-state index in [1.54, 1.807) is 7.11 Å². The van der Waals surface area contributed by atoms with Gasteiger partial charge in [-0.15, -0.1) is 0 Å². The van der Waals surface area contributed by atoms with Gasteiger partial charge in [0.15, 0.2) is 0 Å². The summed E-state index contributed by atoms with van der Waals surface area (Å²) < 4.78 is 9.72. The lowest BCUT2D eigenvalue weighted by atomic mass is 10.0. The molecule has 1 rings (SSSR count). The molecular formula is C12H17NO3. The van der Waals surface area contributed by atoms with Crippen LogP contribution in [0.3, 0.4) is 0 Å². The first-order chi connectivity index (χ1) is 7.56. The zero-order valence-corrected chi connectivity index (χ0v) is 9.82. The molecular weight excluding hydrogens is 206 g/mol. The lowest BCUT2D eigenvalue weighted by Crippen LogP contribution is -2.33. The van der Waals surface area contributed by atoms with Crippen molar-refractivity contribution in [2.75, 3.05) is 14.2 Å². The second-order valence-electron chi connectivity index (χ2n) is 3.69. The van der Waals surface area contributed by atoms with Crippen LogP contribution in [0.25, 0.3) is 0 Å². The normalized spacial score (nSPS) is 12.0. The highest BCUT2D eigenvalue weighted by Gasteiger charge is 2.14. The molecule has 0 spiro atoms. The summed E-state index contributed by atoms with van der Waals surface area (Å²) in [4.78, 5) is 11.2. The molecule has 0 saturated heterocycles. The van der Waals surface area contributed by atoms with Crippen LogP contribution in [0.2, 0.25) is 0 Å². The van der Waals surface area contributed by atoms with Crippen LogP contribution in [-0.4, -0.2) is 26.2 Å². The third-order valence-corrected chi connectivity index (χ3v) is 2.31. The van der Waals surface area contributed by atoms with Gasteiger partial charge in [-0.3, -0.25) is 4.79 Å². The van der Waals surface area contributed by atoms with E-state index in [-0.39, 0.29) is 0 Å². The van der Waals surface area contributed by atoms with Crippen LogP contribution < -0.4 is 10.5 Å². The van der Waals surface area contributed by atoms with Gasteiger partial charge in [0.1, 0.15) is 11.8 Å². The lowest BCUT2D eigenvalue weighted by molar-refractivity contribution is -0.142. The first-order valence-electron chi connectivity index (χ1n) is 5.04. The minimum absolute atomic E-state index is 0.402. The molecule has 1 aromatic carbocycles. The molecule has 16 heavy (non-hydrogen) atoms. The number of aryl methyl sites for hydroxylation is 1. The van der Waals surface area contributed by atoms with E-state index < -0.39 is 12.0 Å². The summed E-state index contributed by atoms with van der Waals surface area (Å²) in [7, 11) is 2.94. The van der Waals surface area contributed by atoms with Crippen molar-refractivity contribution in [1.82, 2.24) is 0 Å². The van der Waals surface area contributed by atoms with Crippen LogP contribution in [0.5, 0.6) is 5.75 Å². The summed E-state index contributed by atoms with van der Waals surface area (Å²) >= 11 is 0. The van der Waals surface area contributed by atoms with Gasteiger partial charge in [-0.05, 0) is 36.6 Å². The molecule has 0 radical (unpaired) electrons. The number of carbonyl (C=O) groups excluding carboxylic acids is 1. The van der Waals surface area contributed by atoms with Crippen molar-refractivity contribution in [2.24, 2.45) is 5.73 Å². The molecule has 0 fully saturated rings. The maximum atomic E-state index is 11.2. The van der Waals surface area contributed by atoms with E-state index in [0.29, 0.717) is 6.42 Å². The van der Waals surface area contributed by atoms with Gasteiger partial charge in [-0.1, -0.05) is 6.07 Å². The molecule has 2 N–H and O–H groups in total. The van der Waals surface area contributed by atoms with Crippen LogP contribution in [-0.2, 0) is 16.0 Å². The highest BCUT2D eigenvalue weighted by molar-refractivity contribution is 5.75. The Kier molecular flexibility index (Phi) is 4.31. The van der Waals surface area contributed by atoms with Gasteiger partial charge in [0, 0.05) is 0 Å². The van der Waals surface area contributed by atoms with E-state index in [0.717, 1.165) is 16.9 Å². The molecule has 4 heteroatoms. The standard InChI is InChI=1S/C12H17NO3/c1-8-4-9(6-10(5-8)15-2)7-11(13)12(14)16-3/h4-6,11H,7,13H2,1-3H3/t11-/m0/s1. The first-order valence-corrected chi connectivity index (χ1v) is 5.04. The molecule has 88 valence electrons. The highest BCUT2D eigenvalue weighted by Crippen LogP contribution is 2.17. The average Bonchev–Trinajstić information content (AvgIpc) is 2.26. The number of ether oxygens (including phenoxy) is 2. The predicted octanol–water partition coefficient (Wildman–Crippen LogP) is 1.05. The summed E-state index contributed by atoms with van der Waals surface area (Å²) in [5.74, 6) is 0.368. The average molecular weight is 223 g/mol. The number of benzene rings is 1. The lowest BCUT2D eigenvalue weighted by Gasteiger charge is -2.11. The van der Waals surface area contributed by atoms with Crippen molar-refractivity contribution >= 4 is 5.97 Å². The zero-order chi connectivity index (χ0) is 12.1. The second-order valence-corrected chi connectivity index (χ2v) is 3.69. The molecule has 0 aliphatic rings. The molecule has 0 aromatic heterocycles. The Morgan fingerprint density at radius 2 is 2.06 bits per heavy atom. The fourth-order valence-electron chi connectivity index (χ4n) is 1.55. The number of esters is 1. The number of carbonyl (C=O) groups is 1. The third kappa shape index (κ3) is 3.24. The monoisotopic (exact) mass is 223 g/mol. The van der Waals surface area contributed by atoms with Crippen molar-refractivity contribution in [3.63, 3.8) is 0 Å². The molecule has 4 nitrogen and oxygen atoms in total. The number of hydrogen-bond acceptors (Lipinski definition) is 4. The Labute approximate surface area is 95.3 Å². The summed E-state index contributed by atoms with van der Waals surface area (Å²) in [5, 5.41) is 0. The zero-order valence-electron chi connectivity index (χ0n) is 9.82. The van der Waals surface area contributed by atoms with Crippen LogP contribution in [0, 0.1) is 6.92 Å². The van der Waals surface area contributed by atoms with Crippen LogP contribution in [0.4, 0.5) is 0 Å². The van der Waals surface area contributed by atoms with Crippen molar-refractivity contribution in [1.29, 1.82) is 0 Å². The van der Waals surface area contributed by atoms with Crippen LogP contribution in [0.1, 0.15) is 11.1 Å². The molecule has 0 saturated carbocycles. The Morgan fingerprint density at radius 1 is 1.38 bits per heavy atom. The highest BCUT2D eigenvalue weighted by atomic mass is 16.5. The van der Waals surface area contributed by atoms with Crippen LogP contribution >= 0.6 is 0 Å². The van der Waals surface area contributed by atoms with Crippen molar-refractivity contribution in [2.45, 2.75) is 19.4 Å². The van der Waals surface area contributed by atoms with E-state index in [1.807, 2.05) is 25.1 Å². The number of nitrogens with two attached hydrogens (primary N) is 1. The van der Waals surface area contributed by atoms with Gasteiger partial charge in [0.05, 0.1) is 14.2 Å². The molecule has 0 aliphatic carbocycles. The maximum absolute atomic E-state index is 11.2. The summed E-state index contributed by atoms with van der Waals surface area (Å²) in [5.41, 5.74) is 7.73. The van der Waals surface area contributed by atoms with Crippen LogP contribution in [0.15, 0.2) is 18.2 Å². The summed E-state index contributed by atoms with van der Waals surface area (Å²) in [6.07, 6.45) is 0.449.